The number of hydrogen-bond donors (Lipinski definition) is 1. The third-order valence-corrected chi connectivity index (χ3v) is 6.23. The molecule has 3 rings (SSSR count). The summed E-state index contributed by atoms with van der Waals surface area (Å²) in [6.45, 7) is 4.05. The van der Waals surface area contributed by atoms with Gasteiger partial charge < -0.3 is 14.6 Å². The minimum Gasteiger partial charge on any atom is -0.507 e. The predicted molar refractivity (Wildman–Crippen MR) is 138 cm³/mol. The van der Waals surface area contributed by atoms with Crippen molar-refractivity contribution in [3.8, 4) is 17.2 Å². The monoisotopic (exact) mass is 573 g/mol. The second-order valence-electron chi connectivity index (χ2n) is 7.79. The van der Waals surface area contributed by atoms with Crippen molar-refractivity contribution in [2.45, 2.75) is 32.6 Å². The molecule has 0 aliphatic carbocycles. The van der Waals surface area contributed by atoms with E-state index in [4.69, 9.17) is 9.47 Å². The Morgan fingerprint density at radius 2 is 1.76 bits per heavy atom. The van der Waals surface area contributed by atoms with E-state index in [1.54, 1.807) is 12.4 Å². The van der Waals surface area contributed by atoms with E-state index in [0.29, 0.717) is 29.9 Å². The normalized spacial score (nSPS) is 11.2. The number of aromatic nitrogens is 1. The summed E-state index contributed by atoms with van der Waals surface area (Å²) in [7, 11) is 1.38. The van der Waals surface area contributed by atoms with Gasteiger partial charge in [0.05, 0.1) is 16.1 Å². The number of carbonyl (C=O) groups excluding carboxylic acids is 1. The predicted octanol–water partition coefficient (Wildman–Crippen LogP) is 7.50. The van der Waals surface area contributed by atoms with Crippen LogP contribution in [0.4, 0.5) is 0 Å². The number of nitrogens with zero attached hydrogens (tertiary/aromatic N) is 1. The Balaban J connectivity index is 1.92. The van der Waals surface area contributed by atoms with Crippen LogP contribution in [0.3, 0.4) is 0 Å². The Labute approximate surface area is 210 Å². The molecule has 7 heteroatoms. The van der Waals surface area contributed by atoms with Gasteiger partial charge in [-0.15, -0.1) is 0 Å². The highest BCUT2D eigenvalue weighted by molar-refractivity contribution is 9.11. The number of phenolic OH excluding ortho intramolecular Hbond substituents is 1. The maximum atomic E-state index is 11.5. The van der Waals surface area contributed by atoms with Crippen molar-refractivity contribution in [2.24, 2.45) is 0 Å². The van der Waals surface area contributed by atoms with Gasteiger partial charge in [0, 0.05) is 29.9 Å². The average Bonchev–Trinajstić information content (AvgIpc) is 2.80. The summed E-state index contributed by atoms with van der Waals surface area (Å²) in [6.07, 6.45) is 8.10. The zero-order valence-electron chi connectivity index (χ0n) is 18.6. The molecule has 0 amide bonds. The van der Waals surface area contributed by atoms with E-state index in [1.165, 1.54) is 7.11 Å². The quantitative estimate of drug-likeness (QED) is 0.282. The Hall–Kier alpha value is -2.64. The number of hydrogen-bond acceptors (Lipinski definition) is 5. The summed E-state index contributed by atoms with van der Waals surface area (Å²) in [5.74, 6) is 1.31. The number of pyridine rings is 1. The van der Waals surface area contributed by atoms with Gasteiger partial charge >= 0.3 is 5.97 Å². The first kappa shape index (κ1) is 25.0. The summed E-state index contributed by atoms with van der Waals surface area (Å²) in [4.78, 5) is 15.5. The number of halogens is 2. The first-order chi connectivity index (χ1) is 15.8. The fourth-order valence-corrected chi connectivity index (χ4v) is 4.70. The SMILES string of the molecule is COC(=O)CCc1cc(Br)c(Oc2cc(/C=C/c3ccncc3)c(O)c(C(C)C)c2)c(Br)c1. The van der Waals surface area contributed by atoms with Gasteiger partial charge in [-0.25, -0.2) is 0 Å². The van der Waals surface area contributed by atoms with Gasteiger partial charge in [-0.05, 0) is 91.7 Å². The maximum absolute atomic E-state index is 11.5. The van der Waals surface area contributed by atoms with Crippen molar-refractivity contribution in [1.82, 2.24) is 4.98 Å². The molecule has 0 fully saturated rings. The molecule has 2 aromatic carbocycles. The molecule has 172 valence electrons. The number of aryl methyl sites for hydroxylation is 1. The Morgan fingerprint density at radius 1 is 1.09 bits per heavy atom. The van der Waals surface area contributed by atoms with Crippen LogP contribution in [-0.4, -0.2) is 23.2 Å². The molecular weight excluding hydrogens is 550 g/mol. The lowest BCUT2D eigenvalue weighted by Crippen LogP contribution is -2.02. The molecule has 3 aromatic rings. The number of ether oxygens (including phenoxy) is 2. The summed E-state index contributed by atoms with van der Waals surface area (Å²) in [5.41, 5.74) is 3.41. The van der Waals surface area contributed by atoms with E-state index in [1.807, 2.05) is 62.4 Å². The molecule has 0 atom stereocenters. The van der Waals surface area contributed by atoms with Crippen LogP contribution in [0, 0.1) is 0 Å². The van der Waals surface area contributed by atoms with Crippen LogP contribution in [-0.2, 0) is 16.0 Å². The topological polar surface area (TPSA) is 68.7 Å². The molecule has 0 unspecified atom stereocenters. The van der Waals surface area contributed by atoms with Gasteiger partial charge in [0.25, 0.3) is 0 Å². The second-order valence-corrected chi connectivity index (χ2v) is 9.49. The van der Waals surface area contributed by atoms with Gasteiger partial charge in [0.2, 0.25) is 0 Å². The maximum Gasteiger partial charge on any atom is 0.305 e. The molecule has 0 aliphatic heterocycles. The highest BCUT2D eigenvalue weighted by Gasteiger charge is 2.16. The Morgan fingerprint density at radius 3 is 2.36 bits per heavy atom. The van der Waals surface area contributed by atoms with Gasteiger partial charge in [0.15, 0.2) is 5.75 Å². The summed E-state index contributed by atoms with van der Waals surface area (Å²) in [5, 5.41) is 10.8. The smallest absolute Gasteiger partial charge is 0.305 e. The fraction of sp³-hybridized carbons (Fsp3) is 0.231. The molecule has 1 N–H and O–H groups in total. The lowest BCUT2D eigenvalue weighted by atomic mass is 9.98. The van der Waals surface area contributed by atoms with Crippen LogP contribution in [0.25, 0.3) is 12.2 Å². The van der Waals surface area contributed by atoms with Gasteiger partial charge in [-0.1, -0.05) is 26.0 Å². The highest BCUT2D eigenvalue weighted by Crippen LogP contribution is 2.41. The largest absolute Gasteiger partial charge is 0.507 e. The van der Waals surface area contributed by atoms with Crippen molar-refractivity contribution in [3.05, 3.63) is 80.0 Å². The second kappa shape index (κ2) is 11.5. The van der Waals surface area contributed by atoms with E-state index in [0.717, 1.165) is 25.6 Å². The minimum absolute atomic E-state index is 0.106. The van der Waals surface area contributed by atoms with Crippen molar-refractivity contribution >= 4 is 50.0 Å². The lowest BCUT2D eigenvalue weighted by molar-refractivity contribution is -0.140. The first-order valence-electron chi connectivity index (χ1n) is 10.5. The third kappa shape index (κ3) is 6.68. The van der Waals surface area contributed by atoms with Crippen molar-refractivity contribution in [2.75, 3.05) is 7.11 Å². The zero-order valence-corrected chi connectivity index (χ0v) is 21.8. The standard InChI is InChI=1S/C26H25Br2NO4/c1-16(2)21-15-20(14-19(25(21)31)6-4-17-8-10-29-11-9-17)33-26-22(27)12-18(13-23(26)28)5-7-24(30)32-3/h4,6,8-16,31H,5,7H2,1-3H3/b6-4+. The molecule has 0 bridgehead atoms. The fourth-order valence-electron chi connectivity index (χ4n) is 3.26. The zero-order chi connectivity index (χ0) is 24.0. The minimum atomic E-state index is -0.250. The molecular formula is C26H25Br2NO4. The molecule has 0 radical (unpaired) electrons. The molecule has 1 heterocycles. The molecule has 5 nitrogen and oxygen atoms in total. The number of esters is 1. The van der Waals surface area contributed by atoms with E-state index in [-0.39, 0.29) is 17.6 Å². The van der Waals surface area contributed by atoms with Gasteiger partial charge in [-0.3, -0.25) is 9.78 Å². The average molecular weight is 575 g/mol. The molecule has 0 saturated heterocycles. The molecule has 0 spiro atoms. The van der Waals surface area contributed by atoms with Crippen LogP contribution in [0.2, 0.25) is 0 Å². The Bertz CT molecular complexity index is 1140. The van der Waals surface area contributed by atoms with Crippen LogP contribution >= 0.6 is 31.9 Å². The van der Waals surface area contributed by atoms with E-state index in [9.17, 15) is 9.90 Å². The number of benzene rings is 2. The first-order valence-corrected chi connectivity index (χ1v) is 12.0. The number of aromatic hydroxyl groups is 1. The summed E-state index contributed by atoms with van der Waals surface area (Å²) >= 11 is 7.16. The summed E-state index contributed by atoms with van der Waals surface area (Å²) in [6, 6.07) is 11.3. The lowest BCUT2D eigenvalue weighted by Gasteiger charge is -2.16. The van der Waals surface area contributed by atoms with E-state index >= 15 is 0 Å². The van der Waals surface area contributed by atoms with Crippen LogP contribution < -0.4 is 4.74 Å². The third-order valence-electron chi connectivity index (χ3n) is 5.05. The van der Waals surface area contributed by atoms with Crippen LogP contribution in [0.15, 0.2) is 57.7 Å². The molecule has 33 heavy (non-hydrogen) atoms. The van der Waals surface area contributed by atoms with Gasteiger partial charge in [-0.2, -0.15) is 0 Å². The van der Waals surface area contributed by atoms with Crippen molar-refractivity contribution in [1.29, 1.82) is 0 Å². The molecule has 0 saturated carbocycles. The summed E-state index contributed by atoms with van der Waals surface area (Å²) < 4.78 is 12.5. The van der Waals surface area contributed by atoms with E-state index < -0.39 is 0 Å². The van der Waals surface area contributed by atoms with Crippen molar-refractivity contribution < 1.29 is 19.4 Å². The number of phenols is 1. The van der Waals surface area contributed by atoms with Gasteiger partial charge in [0.1, 0.15) is 11.5 Å². The number of carbonyl (C=O) groups is 1. The number of methoxy groups -OCH3 is 1. The number of rotatable bonds is 8. The molecule has 1 aromatic heterocycles. The van der Waals surface area contributed by atoms with E-state index in [2.05, 4.69) is 36.8 Å². The highest BCUT2D eigenvalue weighted by atomic mass is 79.9. The van der Waals surface area contributed by atoms with Crippen LogP contribution in [0.1, 0.15) is 48.4 Å². The van der Waals surface area contributed by atoms with Crippen molar-refractivity contribution in [3.63, 3.8) is 0 Å². The Kier molecular flexibility index (Phi) is 8.69. The molecule has 0 aliphatic rings. The van der Waals surface area contributed by atoms with Crippen LogP contribution in [0.5, 0.6) is 17.2 Å².